The molecule has 2 aromatic rings. The number of rotatable bonds is 4. The van der Waals surface area contributed by atoms with E-state index in [9.17, 15) is 4.79 Å². The van der Waals surface area contributed by atoms with Crippen LogP contribution in [0.15, 0.2) is 42.5 Å². The Labute approximate surface area is 180 Å². The summed E-state index contributed by atoms with van der Waals surface area (Å²) in [6.45, 7) is 11.3. The van der Waals surface area contributed by atoms with Gasteiger partial charge < -0.3 is 10.1 Å². The Morgan fingerprint density at radius 1 is 1.07 bits per heavy atom. The van der Waals surface area contributed by atoms with Gasteiger partial charge in [-0.15, -0.1) is 0 Å². The van der Waals surface area contributed by atoms with Gasteiger partial charge in [-0.1, -0.05) is 47.5 Å². The summed E-state index contributed by atoms with van der Waals surface area (Å²) in [5.41, 5.74) is 4.67. The van der Waals surface area contributed by atoms with Crippen LogP contribution in [0.3, 0.4) is 0 Å². The molecule has 4 heteroatoms. The van der Waals surface area contributed by atoms with Crippen molar-refractivity contribution in [3.05, 3.63) is 64.7 Å². The van der Waals surface area contributed by atoms with Crippen LogP contribution < -0.4 is 10.1 Å². The lowest BCUT2D eigenvalue weighted by molar-refractivity contribution is -0.127. The maximum absolute atomic E-state index is 13.1. The Bertz CT molecular complexity index is 896. The van der Waals surface area contributed by atoms with Crippen LogP contribution >= 0.6 is 0 Å². The fourth-order valence-electron chi connectivity index (χ4n) is 4.70. The lowest BCUT2D eigenvalue weighted by Gasteiger charge is -2.39. The largest absolute Gasteiger partial charge is 0.487 e. The summed E-state index contributed by atoms with van der Waals surface area (Å²) in [5, 5.41) is 3.36. The highest BCUT2D eigenvalue weighted by Gasteiger charge is 2.36. The molecule has 2 aromatic carbocycles. The van der Waals surface area contributed by atoms with Crippen LogP contribution in [0.1, 0.15) is 61.4 Å². The van der Waals surface area contributed by atoms with Crippen molar-refractivity contribution < 1.29 is 9.53 Å². The first kappa shape index (κ1) is 20.9. The van der Waals surface area contributed by atoms with E-state index < -0.39 is 0 Å². The summed E-state index contributed by atoms with van der Waals surface area (Å²) in [7, 11) is 0. The van der Waals surface area contributed by atoms with Crippen LogP contribution in [-0.4, -0.2) is 29.5 Å². The molecule has 0 radical (unpaired) electrons. The normalized spacial score (nSPS) is 21.5. The number of ether oxygens (including phenoxy) is 1. The summed E-state index contributed by atoms with van der Waals surface area (Å²) in [6, 6.07) is 15.0. The van der Waals surface area contributed by atoms with E-state index in [1.54, 1.807) is 0 Å². The zero-order chi connectivity index (χ0) is 21.3. The van der Waals surface area contributed by atoms with Crippen molar-refractivity contribution in [3.63, 3.8) is 0 Å². The van der Waals surface area contributed by atoms with Gasteiger partial charge in [-0.05, 0) is 65.3 Å². The average molecular weight is 407 g/mol. The number of aryl methyl sites for hydroxylation is 2. The molecule has 30 heavy (non-hydrogen) atoms. The van der Waals surface area contributed by atoms with Gasteiger partial charge in [0.25, 0.3) is 0 Å². The quantitative estimate of drug-likeness (QED) is 0.782. The number of carbonyl (C=O) groups is 1. The monoisotopic (exact) mass is 406 g/mol. The zero-order valence-corrected chi connectivity index (χ0v) is 18.7. The van der Waals surface area contributed by atoms with Gasteiger partial charge in [-0.3, -0.25) is 9.69 Å². The van der Waals surface area contributed by atoms with Crippen molar-refractivity contribution in [1.82, 2.24) is 10.2 Å². The van der Waals surface area contributed by atoms with E-state index in [1.807, 2.05) is 6.07 Å². The molecule has 1 unspecified atom stereocenters. The van der Waals surface area contributed by atoms with Gasteiger partial charge in [0, 0.05) is 24.4 Å². The van der Waals surface area contributed by atoms with Gasteiger partial charge in [-0.2, -0.15) is 0 Å². The summed E-state index contributed by atoms with van der Waals surface area (Å²) >= 11 is 0. The minimum Gasteiger partial charge on any atom is -0.487 e. The van der Waals surface area contributed by atoms with Gasteiger partial charge >= 0.3 is 0 Å². The Kier molecular flexibility index (Phi) is 5.88. The highest BCUT2D eigenvalue weighted by molar-refractivity contribution is 5.79. The number of nitrogens with one attached hydrogen (secondary N) is 1. The second kappa shape index (κ2) is 8.43. The number of piperidine rings is 1. The summed E-state index contributed by atoms with van der Waals surface area (Å²) < 4.78 is 6.15. The SMILES string of the molecule is Cc1ccc(CN2CCC(C(=O)NC3CC(C)(C)Oc4ccc(C)cc43)CC2)cc1. The lowest BCUT2D eigenvalue weighted by Crippen LogP contribution is -2.45. The van der Waals surface area contributed by atoms with Crippen LogP contribution in [-0.2, 0) is 11.3 Å². The van der Waals surface area contributed by atoms with Crippen LogP contribution in [0.2, 0.25) is 0 Å². The molecule has 0 bridgehead atoms. The lowest BCUT2D eigenvalue weighted by atomic mass is 9.88. The zero-order valence-electron chi connectivity index (χ0n) is 18.7. The third-order valence-corrected chi connectivity index (χ3v) is 6.42. The first-order valence-electron chi connectivity index (χ1n) is 11.2. The number of amides is 1. The van der Waals surface area contributed by atoms with E-state index in [0.29, 0.717) is 0 Å². The van der Waals surface area contributed by atoms with Crippen molar-refractivity contribution in [3.8, 4) is 5.75 Å². The minimum atomic E-state index is -0.280. The number of carbonyl (C=O) groups excluding carboxylic acids is 1. The second-order valence-electron chi connectivity index (χ2n) is 9.70. The number of hydrogen-bond donors (Lipinski definition) is 1. The molecule has 1 atom stereocenters. The molecule has 4 nitrogen and oxygen atoms in total. The molecule has 1 N–H and O–H groups in total. The third-order valence-electron chi connectivity index (χ3n) is 6.42. The Morgan fingerprint density at radius 3 is 2.43 bits per heavy atom. The molecule has 1 saturated heterocycles. The van der Waals surface area contributed by atoms with E-state index in [4.69, 9.17) is 4.74 Å². The Balaban J connectivity index is 1.36. The van der Waals surface area contributed by atoms with Gasteiger partial charge in [0.05, 0.1) is 6.04 Å². The number of benzene rings is 2. The number of likely N-dealkylation sites (tertiary alicyclic amines) is 1. The molecule has 2 aliphatic heterocycles. The predicted octanol–water partition coefficient (Wildman–Crippen LogP) is 4.93. The van der Waals surface area contributed by atoms with Gasteiger partial charge in [-0.25, -0.2) is 0 Å². The first-order valence-corrected chi connectivity index (χ1v) is 11.2. The molecule has 0 saturated carbocycles. The summed E-state index contributed by atoms with van der Waals surface area (Å²) in [4.78, 5) is 15.6. The topological polar surface area (TPSA) is 41.6 Å². The van der Waals surface area contributed by atoms with Crippen molar-refractivity contribution in [2.24, 2.45) is 5.92 Å². The number of fused-ring (bicyclic) bond motifs is 1. The minimum absolute atomic E-state index is 0.0155. The first-order chi connectivity index (χ1) is 14.3. The van der Waals surface area contributed by atoms with Crippen LogP contribution in [0.5, 0.6) is 5.75 Å². The molecule has 4 rings (SSSR count). The van der Waals surface area contributed by atoms with Crippen molar-refractivity contribution in [2.75, 3.05) is 13.1 Å². The molecule has 1 amide bonds. The van der Waals surface area contributed by atoms with Gasteiger partial charge in [0.1, 0.15) is 11.4 Å². The van der Waals surface area contributed by atoms with Crippen LogP contribution in [0.25, 0.3) is 0 Å². The van der Waals surface area contributed by atoms with E-state index >= 15 is 0 Å². The van der Waals surface area contributed by atoms with Crippen LogP contribution in [0, 0.1) is 19.8 Å². The average Bonchev–Trinajstić information content (AvgIpc) is 2.70. The molecule has 2 aliphatic rings. The molecule has 0 spiro atoms. The predicted molar refractivity (Wildman–Crippen MR) is 121 cm³/mol. The smallest absolute Gasteiger partial charge is 0.223 e. The summed E-state index contributed by atoms with van der Waals surface area (Å²) in [5.74, 6) is 1.19. The maximum atomic E-state index is 13.1. The molecule has 160 valence electrons. The highest BCUT2D eigenvalue weighted by Crippen LogP contribution is 2.40. The number of hydrogen-bond acceptors (Lipinski definition) is 3. The third kappa shape index (κ3) is 4.86. The molecule has 2 heterocycles. The van der Waals surface area contributed by atoms with E-state index in [2.05, 4.69) is 74.3 Å². The van der Waals surface area contributed by atoms with E-state index in [0.717, 1.165) is 50.2 Å². The summed E-state index contributed by atoms with van der Waals surface area (Å²) in [6.07, 6.45) is 2.64. The fourth-order valence-corrected chi connectivity index (χ4v) is 4.70. The van der Waals surface area contributed by atoms with Crippen LogP contribution in [0.4, 0.5) is 0 Å². The van der Waals surface area contributed by atoms with E-state index in [1.165, 1.54) is 16.7 Å². The van der Waals surface area contributed by atoms with Gasteiger partial charge in [0.2, 0.25) is 5.91 Å². The van der Waals surface area contributed by atoms with Crippen molar-refractivity contribution in [2.45, 2.75) is 65.1 Å². The Morgan fingerprint density at radius 2 is 1.73 bits per heavy atom. The van der Waals surface area contributed by atoms with Crippen molar-refractivity contribution in [1.29, 1.82) is 0 Å². The maximum Gasteiger partial charge on any atom is 0.223 e. The fraction of sp³-hybridized carbons (Fsp3) is 0.500. The second-order valence-corrected chi connectivity index (χ2v) is 9.70. The highest BCUT2D eigenvalue weighted by atomic mass is 16.5. The molecule has 0 aromatic heterocycles. The molecule has 1 fully saturated rings. The van der Waals surface area contributed by atoms with Gasteiger partial charge in [0.15, 0.2) is 0 Å². The number of nitrogens with zero attached hydrogens (tertiary/aromatic N) is 1. The molecule has 0 aliphatic carbocycles. The molecular formula is C26H34N2O2. The van der Waals surface area contributed by atoms with Crippen molar-refractivity contribution >= 4 is 5.91 Å². The standard InChI is InChI=1S/C26H34N2O2/c1-18-5-8-20(9-6-18)17-28-13-11-21(12-14-28)25(29)27-23-16-26(3,4)30-24-10-7-19(2)15-22(23)24/h5-10,15,21,23H,11-14,16-17H2,1-4H3,(H,27,29). The Hall–Kier alpha value is -2.33. The van der Waals surface area contributed by atoms with E-state index in [-0.39, 0.29) is 23.5 Å². The molecular weight excluding hydrogens is 372 g/mol.